The number of primary amides is 1. The lowest BCUT2D eigenvalue weighted by molar-refractivity contribution is -0.119. The summed E-state index contributed by atoms with van der Waals surface area (Å²) in [7, 11) is 0. The molecule has 0 atom stereocenters. The topological polar surface area (TPSA) is 104 Å². The number of rotatable bonds is 4. The Kier molecular flexibility index (Phi) is 3.93. The fourth-order valence-corrected chi connectivity index (χ4v) is 2.15. The largest absolute Gasteiger partial charge is 0.381 e. The summed E-state index contributed by atoms with van der Waals surface area (Å²) in [6.45, 7) is 1.98. The molecule has 4 N–H and O–H groups in total. The van der Waals surface area contributed by atoms with Crippen LogP contribution < -0.4 is 16.6 Å². The summed E-state index contributed by atoms with van der Waals surface area (Å²) >= 11 is 0. The standard InChI is InChI=1S/C11H17N5O2/c12-10(17)7-16-3-1-8(2-4-16)14-9-5-11(18)15-13-6-9/h5-6,8H,1-4,7H2,(H2,12,17)(H2,14,15,18). The van der Waals surface area contributed by atoms with Crippen molar-refractivity contribution in [1.82, 2.24) is 15.1 Å². The highest BCUT2D eigenvalue weighted by molar-refractivity contribution is 5.75. The molecule has 98 valence electrons. The Hall–Kier alpha value is -1.89. The van der Waals surface area contributed by atoms with Crippen LogP contribution in [0.2, 0.25) is 0 Å². The number of piperidine rings is 1. The molecule has 0 saturated carbocycles. The van der Waals surface area contributed by atoms with Gasteiger partial charge in [-0.25, -0.2) is 5.10 Å². The third-order valence-electron chi connectivity index (χ3n) is 3.00. The fraction of sp³-hybridized carbons (Fsp3) is 0.545. The van der Waals surface area contributed by atoms with Crippen LogP contribution in [0.25, 0.3) is 0 Å². The van der Waals surface area contributed by atoms with Crippen molar-refractivity contribution in [3.63, 3.8) is 0 Å². The molecule has 1 saturated heterocycles. The second kappa shape index (κ2) is 5.63. The predicted octanol–water partition coefficient (Wildman–Crippen LogP) is -0.868. The van der Waals surface area contributed by atoms with E-state index in [1.54, 1.807) is 6.20 Å². The molecule has 0 spiro atoms. The summed E-state index contributed by atoms with van der Waals surface area (Å²) in [6, 6.07) is 1.79. The van der Waals surface area contributed by atoms with Gasteiger partial charge in [0.05, 0.1) is 18.4 Å². The van der Waals surface area contributed by atoms with Crippen LogP contribution in [0.4, 0.5) is 5.69 Å². The molecule has 18 heavy (non-hydrogen) atoms. The second-order valence-electron chi connectivity index (χ2n) is 4.50. The molecule has 0 aromatic carbocycles. The van der Waals surface area contributed by atoms with E-state index < -0.39 is 0 Å². The molecule has 7 nitrogen and oxygen atoms in total. The van der Waals surface area contributed by atoms with Gasteiger partial charge in [0, 0.05) is 25.2 Å². The average Bonchev–Trinajstić information content (AvgIpc) is 2.31. The van der Waals surface area contributed by atoms with Crippen LogP contribution in [0.5, 0.6) is 0 Å². The lowest BCUT2D eigenvalue weighted by atomic mass is 10.0. The highest BCUT2D eigenvalue weighted by Gasteiger charge is 2.19. The Labute approximate surface area is 104 Å². The molecular formula is C11H17N5O2. The van der Waals surface area contributed by atoms with Crippen molar-refractivity contribution in [2.75, 3.05) is 25.0 Å². The first-order valence-electron chi connectivity index (χ1n) is 5.95. The number of carbonyl (C=O) groups excluding carboxylic acids is 1. The Bertz CT molecular complexity index is 465. The van der Waals surface area contributed by atoms with Gasteiger partial charge < -0.3 is 11.1 Å². The van der Waals surface area contributed by atoms with E-state index in [-0.39, 0.29) is 11.5 Å². The first-order chi connectivity index (χ1) is 8.63. The first kappa shape index (κ1) is 12.6. The monoisotopic (exact) mass is 251 g/mol. The van der Waals surface area contributed by atoms with Gasteiger partial charge in [-0.3, -0.25) is 14.5 Å². The summed E-state index contributed by atoms with van der Waals surface area (Å²) in [6.07, 6.45) is 3.43. The number of aromatic amines is 1. The third kappa shape index (κ3) is 3.56. The molecule has 0 unspecified atom stereocenters. The van der Waals surface area contributed by atoms with Gasteiger partial charge >= 0.3 is 0 Å². The van der Waals surface area contributed by atoms with Crippen molar-refractivity contribution in [2.45, 2.75) is 18.9 Å². The number of anilines is 1. The maximum absolute atomic E-state index is 11.1. The van der Waals surface area contributed by atoms with E-state index in [0.29, 0.717) is 12.6 Å². The van der Waals surface area contributed by atoms with Crippen LogP contribution in [0.15, 0.2) is 17.1 Å². The number of hydrogen-bond acceptors (Lipinski definition) is 5. The number of nitrogens with zero attached hydrogens (tertiary/aromatic N) is 2. The Morgan fingerprint density at radius 2 is 2.28 bits per heavy atom. The fourth-order valence-electron chi connectivity index (χ4n) is 2.15. The summed E-state index contributed by atoms with van der Waals surface area (Å²) in [5.74, 6) is -0.291. The zero-order chi connectivity index (χ0) is 13.0. The van der Waals surface area contributed by atoms with Crippen molar-refractivity contribution >= 4 is 11.6 Å². The van der Waals surface area contributed by atoms with Crippen LogP contribution in [-0.4, -0.2) is 46.7 Å². The molecular weight excluding hydrogens is 234 g/mol. The molecule has 1 fully saturated rings. The number of carbonyl (C=O) groups is 1. The number of hydrogen-bond donors (Lipinski definition) is 3. The highest BCUT2D eigenvalue weighted by atomic mass is 16.1. The number of H-pyrrole nitrogens is 1. The normalized spacial score (nSPS) is 17.6. The predicted molar refractivity (Wildman–Crippen MR) is 67.1 cm³/mol. The molecule has 0 radical (unpaired) electrons. The number of amides is 1. The SMILES string of the molecule is NC(=O)CN1CCC(Nc2cn[nH]c(=O)c2)CC1. The maximum atomic E-state index is 11.1. The van der Waals surface area contributed by atoms with Crippen LogP contribution in [0.3, 0.4) is 0 Å². The number of nitrogens with one attached hydrogen (secondary N) is 2. The van der Waals surface area contributed by atoms with Gasteiger partial charge in [-0.1, -0.05) is 0 Å². The van der Waals surface area contributed by atoms with Gasteiger partial charge in [0.25, 0.3) is 5.56 Å². The highest BCUT2D eigenvalue weighted by Crippen LogP contribution is 2.14. The quantitative estimate of drug-likeness (QED) is 0.645. The summed E-state index contributed by atoms with van der Waals surface area (Å²) < 4.78 is 0. The number of likely N-dealkylation sites (tertiary alicyclic amines) is 1. The maximum Gasteiger partial charge on any atom is 0.266 e. The number of nitrogens with two attached hydrogens (primary N) is 1. The zero-order valence-electron chi connectivity index (χ0n) is 10.1. The van der Waals surface area contributed by atoms with E-state index in [4.69, 9.17) is 5.73 Å². The van der Waals surface area contributed by atoms with E-state index >= 15 is 0 Å². The summed E-state index contributed by atoms with van der Waals surface area (Å²) in [5.41, 5.74) is 5.67. The van der Waals surface area contributed by atoms with Crippen molar-refractivity contribution < 1.29 is 4.79 Å². The molecule has 0 bridgehead atoms. The van der Waals surface area contributed by atoms with Crippen molar-refractivity contribution in [3.8, 4) is 0 Å². The van der Waals surface area contributed by atoms with Crippen molar-refractivity contribution in [2.24, 2.45) is 5.73 Å². The second-order valence-corrected chi connectivity index (χ2v) is 4.50. The van der Waals surface area contributed by atoms with E-state index in [9.17, 15) is 9.59 Å². The molecule has 7 heteroatoms. The van der Waals surface area contributed by atoms with Gasteiger partial charge in [-0.15, -0.1) is 0 Å². The van der Waals surface area contributed by atoms with Gasteiger partial charge in [0.2, 0.25) is 5.91 Å². The van der Waals surface area contributed by atoms with Crippen molar-refractivity contribution in [1.29, 1.82) is 0 Å². The Morgan fingerprint density at radius 3 is 2.89 bits per heavy atom. The van der Waals surface area contributed by atoms with E-state index in [2.05, 4.69) is 15.5 Å². The molecule has 1 aliphatic heterocycles. The van der Waals surface area contributed by atoms with Gasteiger partial charge in [0.15, 0.2) is 0 Å². The average molecular weight is 251 g/mol. The zero-order valence-corrected chi connectivity index (χ0v) is 10.1. The minimum absolute atomic E-state index is 0.217. The lowest BCUT2D eigenvalue weighted by Gasteiger charge is -2.31. The smallest absolute Gasteiger partial charge is 0.266 e. The van der Waals surface area contributed by atoms with E-state index in [0.717, 1.165) is 31.6 Å². The van der Waals surface area contributed by atoms with E-state index in [1.165, 1.54) is 6.07 Å². The molecule has 1 aromatic rings. The molecule has 0 aliphatic carbocycles. The van der Waals surface area contributed by atoms with Crippen molar-refractivity contribution in [3.05, 3.63) is 22.6 Å². The van der Waals surface area contributed by atoms with Crippen LogP contribution in [0.1, 0.15) is 12.8 Å². The summed E-state index contributed by atoms with van der Waals surface area (Å²) in [5, 5.41) is 9.34. The Morgan fingerprint density at radius 1 is 1.56 bits per heavy atom. The van der Waals surface area contributed by atoms with Gasteiger partial charge in [0.1, 0.15) is 0 Å². The minimum Gasteiger partial charge on any atom is -0.381 e. The minimum atomic E-state index is -0.291. The Balaban J connectivity index is 1.83. The molecule has 1 amide bonds. The molecule has 1 aromatic heterocycles. The van der Waals surface area contributed by atoms with E-state index in [1.807, 2.05) is 4.90 Å². The van der Waals surface area contributed by atoms with Crippen LogP contribution >= 0.6 is 0 Å². The molecule has 2 heterocycles. The first-order valence-corrected chi connectivity index (χ1v) is 5.95. The lowest BCUT2D eigenvalue weighted by Crippen LogP contribution is -2.43. The van der Waals surface area contributed by atoms with Gasteiger partial charge in [-0.05, 0) is 12.8 Å². The molecule has 2 rings (SSSR count). The van der Waals surface area contributed by atoms with Crippen LogP contribution in [-0.2, 0) is 4.79 Å². The number of aromatic nitrogens is 2. The van der Waals surface area contributed by atoms with Crippen LogP contribution in [0, 0.1) is 0 Å². The third-order valence-corrected chi connectivity index (χ3v) is 3.00. The molecule has 1 aliphatic rings. The summed E-state index contributed by atoms with van der Waals surface area (Å²) in [4.78, 5) is 23.9. The van der Waals surface area contributed by atoms with Gasteiger partial charge in [-0.2, -0.15) is 5.10 Å².